The molecule has 3 aromatic heterocycles. The van der Waals surface area contributed by atoms with Gasteiger partial charge in [-0.1, -0.05) is 6.07 Å². The Hall–Kier alpha value is -3.79. The summed E-state index contributed by atoms with van der Waals surface area (Å²) in [6, 6.07) is 7.68. The van der Waals surface area contributed by atoms with Crippen molar-refractivity contribution in [3.05, 3.63) is 77.4 Å². The van der Waals surface area contributed by atoms with Crippen molar-refractivity contribution in [2.45, 2.75) is 38.4 Å². The highest BCUT2D eigenvalue weighted by atomic mass is 19.1. The molecule has 1 unspecified atom stereocenters. The Morgan fingerprint density at radius 1 is 1.17 bits per heavy atom. The summed E-state index contributed by atoms with van der Waals surface area (Å²) >= 11 is 0. The second-order valence-electron chi connectivity index (χ2n) is 9.54. The van der Waals surface area contributed by atoms with Gasteiger partial charge in [0.1, 0.15) is 17.3 Å². The van der Waals surface area contributed by atoms with E-state index < -0.39 is 11.6 Å². The van der Waals surface area contributed by atoms with Crippen molar-refractivity contribution in [1.29, 1.82) is 0 Å². The van der Waals surface area contributed by atoms with Gasteiger partial charge in [-0.05, 0) is 43.7 Å². The summed E-state index contributed by atoms with van der Waals surface area (Å²) in [5.41, 5.74) is 4.82. The molecule has 1 aromatic carbocycles. The minimum Gasteiger partial charge on any atom is -0.334 e. The van der Waals surface area contributed by atoms with Crippen LogP contribution in [0, 0.1) is 11.6 Å². The normalized spacial score (nSPS) is 18.4. The van der Waals surface area contributed by atoms with Crippen molar-refractivity contribution in [3.63, 3.8) is 0 Å². The van der Waals surface area contributed by atoms with E-state index in [2.05, 4.69) is 20.5 Å². The molecular formula is C26H27F2N7O. The average Bonchev–Trinajstić information content (AvgIpc) is 3.52. The molecule has 2 aliphatic rings. The lowest BCUT2D eigenvalue weighted by molar-refractivity contribution is 0.158. The number of imidazole rings is 1. The summed E-state index contributed by atoms with van der Waals surface area (Å²) < 4.78 is 30.2. The Bertz CT molecular complexity index is 1390. The van der Waals surface area contributed by atoms with Crippen LogP contribution in [0.2, 0.25) is 0 Å². The Morgan fingerprint density at radius 3 is 2.89 bits per heavy atom. The number of carbonyl (C=O) groups is 1. The van der Waals surface area contributed by atoms with Gasteiger partial charge in [0.2, 0.25) is 0 Å². The number of urea groups is 1. The third-order valence-electron chi connectivity index (χ3n) is 7.16. The van der Waals surface area contributed by atoms with Crippen molar-refractivity contribution in [2.75, 3.05) is 19.6 Å². The maximum absolute atomic E-state index is 14.1. The van der Waals surface area contributed by atoms with Crippen LogP contribution in [-0.2, 0) is 19.5 Å². The molecule has 1 fully saturated rings. The number of piperidine rings is 1. The number of carbonyl (C=O) groups excluding carboxylic acids is 1. The average molecular weight is 492 g/mol. The number of H-pyrrole nitrogens is 1. The zero-order valence-electron chi connectivity index (χ0n) is 19.8. The lowest BCUT2D eigenvalue weighted by atomic mass is 10.0. The first-order valence-electron chi connectivity index (χ1n) is 12.2. The van der Waals surface area contributed by atoms with Gasteiger partial charge in [-0.15, -0.1) is 0 Å². The highest BCUT2D eigenvalue weighted by Crippen LogP contribution is 2.29. The molecule has 186 valence electrons. The maximum Gasteiger partial charge on any atom is 0.317 e. The predicted molar refractivity (Wildman–Crippen MR) is 130 cm³/mol. The fourth-order valence-corrected chi connectivity index (χ4v) is 5.26. The summed E-state index contributed by atoms with van der Waals surface area (Å²) in [6.45, 7) is 2.55. The van der Waals surface area contributed by atoms with Crippen molar-refractivity contribution >= 4 is 11.7 Å². The van der Waals surface area contributed by atoms with Crippen LogP contribution in [-0.4, -0.2) is 61.1 Å². The van der Waals surface area contributed by atoms with E-state index in [4.69, 9.17) is 0 Å². The standard InChI is InChI=1S/C26H27F2N7O/c27-21-4-1-5-22(28)19(21)15-33-10-2-3-18(14-33)30-26(36)35-11-8-23-20(16-35)25(32-31-23)17-6-7-24-29-9-12-34(24)13-17/h1,4-7,9,12-13,18H,2-3,8,10-11,14-16H2,(H,30,36)(H,31,32). The fourth-order valence-electron chi connectivity index (χ4n) is 5.26. The largest absolute Gasteiger partial charge is 0.334 e. The van der Waals surface area contributed by atoms with E-state index in [1.807, 2.05) is 38.7 Å². The van der Waals surface area contributed by atoms with Crippen LogP contribution in [0.5, 0.6) is 0 Å². The Morgan fingerprint density at radius 2 is 2.03 bits per heavy atom. The van der Waals surface area contributed by atoms with Gasteiger partial charge < -0.3 is 14.6 Å². The summed E-state index contributed by atoms with van der Waals surface area (Å²) in [4.78, 5) is 21.3. The molecule has 0 aliphatic carbocycles. The number of benzene rings is 1. The third kappa shape index (κ3) is 4.32. The van der Waals surface area contributed by atoms with E-state index in [-0.39, 0.29) is 24.2 Å². The van der Waals surface area contributed by atoms with Gasteiger partial charge in [0.15, 0.2) is 0 Å². The van der Waals surface area contributed by atoms with Crippen molar-refractivity contribution in [3.8, 4) is 11.3 Å². The van der Waals surface area contributed by atoms with Gasteiger partial charge >= 0.3 is 6.03 Å². The van der Waals surface area contributed by atoms with Gasteiger partial charge in [0.05, 0.1) is 12.2 Å². The lowest BCUT2D eigenvalue weighted by Gasteiger charge is -2.35. The monoisotopic (exact) mass is 491 g/mol. The molecule has 36 heavy (non-hydrogen) atoms. The van der Waals surface area contributed by atoms with Crippen molar-refractivity contribution < 1.29 is 13.6 Å². The van der Waals surface area contributed by atoms with Crippen LogP contribution >= 0.6 is 0 Å². The third-order valence-corrected chi connectivity index (χ3v) is 7.16. The number of aromatic amines is 1. The molecule has 2 N–H and O–H groups in total. The Kier molecular flexibility index (Phi) is 5.88. The van der Waals surface area contributed by atoms with Crippen LogP contribution < -0.4 is 5.32 Å². The minimum absolute atomic E-state index is 0.0741. The molecule has 8 nitrogen and oxygen atoms in total. The van der Waals surface area contributed by atoms with Crippen LogP contribution in [0.3, 0.4) is 0 Å². The van der Waals surface area contributed by atoms with E-state index >= 15 is 0 Å². The van der Waals surface area contributed by atoms with Gasteiger partial charge in [0, 0.05) is 73.1 Å². The van der Waals surface area contributed by atoms with E-state index in [0.29, 0.717) is 26.1 Å². The number of aromatic nitrogens is 4. The van der Waals surface area contributed by atoms with Crippen LogP contribution in [0.1, 0.15) is 29.7 Å². The number of nitrogens with one attached hydrogen (secondary N) is 2. The zero-order valence-corrected chi connectivity index (χ0v) is 19.8. The van der Waals surface area contributed by atoms with Crippen LogP contribution in [0.4, 0.5) is 13.6 Å². The fraction of sp³-hybridized carbons (Fsp3) is 0.346. The summed E-state index contributed by atoms with van der Waals surface area (Å²) in [6.07, 6.45) is 8.03. The molecule has 0 bridgehead atoms. The molecule has 2 amide bonds. The molecular weight excluding hydrogens is 464 g/mol. The van der Waals surface area contributed by atoms with Gasteiger partial charge in [-0.25, -0.2) is 18.6 Å². The number of nitrogens with zero attached hydrogens (tertiary/aromatic N) is 5. The first kappa shape index (κ1) is 22.7. The first-order chi connectivity index (χ1) is 17.5. The molecule has 2 aliphatic heterocycles. The van der Waals surface area contributed by atoms with Gasteiger partial charge in [-0.2, -0.15) is 5.10 Å². The topological polar surface area (TPSA) is 81.6 Å². The van der Waals surface area contributed by atoms with E-state index in [1.54, 1.807) is 6.20 Å². The van der Waals surface area contributed by atoms with E-state index in [9.17, 15) is 13.6 Å². The molecule has 0 radical (unpaired) electrons. The van der Waals surface area contributed by atoms with E-state index in [1.165, 1.54) is 18.2 Å². The Labute approximate surface area is 206 Å². The number of pyridine rings is 1. The predicted octanol–water partition coefficient (Wildman–Crippen LogP) is 3.73. The number of halogens is 2. The van der Waals surface area contributed by atoms with Crippen molar-refractivity contribution in [1.82, 2.24) is 34.7 Å². The highest BCUT2D eigenvalue weighted by Gasteiger charge is 2.29. The summed E-state index contributed by atoms with van der Waals surface area (Å²) in [5.74, 6) is -1.07. The number of hydrogen-bond donors (Lipinski definition) is 2. The molecule has 0 spiro atoms. The second kappa shape index (κ2) is 9.34. The number of likely N-dealkylation sites (tertiary alicyclic amines) is 1. The second-order valence-corrected chi connectivity index (χ2v) is 9.54. The van der Waals surface area contributed by atoms with E-state index in [0.717, 1.165) is 47.5 Å². The smallest absolute Gasteiger partial charge is 0.317 e. The minimum atomic E-state index is -0.534. The number of hydrogen-bond acceptors (Lipinski definition) is 4. The molecule has 4 aromatic rings. The quantitative estimate of drug-likeness (QED) is 0.456. The number of rotatable bonds is 4. The Balaban J connectivity index is 1.12. The van der Waals surface area contributed by atoms with Crippen LogP contribution in [0.15, 0.2) is 48.9 Å². The molecule has 1 saturated heterocycles. The number of amides is 2. The first-order valence-corrected chi connectivity index (χ1v) is 12.2. The molecule has 6 rings (SSSR count). The maximum atomic E-state index is 14.1. The number of fused-ring (bicyclic) bond motifs is 2. The zero-order chi connectivity index (χ0) is 24.6. The molecule has 1 atom stereocenters. The van der Waals surface area contributed by atoms with Gasteiger partial charge in [-0.3, -0.25) is 10.00 Å². The van der Waals surface area contributed by atoms with Crippen molar-refractivity contribution in [2.24, 2.45) is 0 Å². The van der Waals surface area contributed by atoms with Crippen LogP contribution in [0.25, 0.3) is 16.9 Å². The summed E-state index contributed by atoms with van der Waals surface area (Å²) in [5, 5.41) is 10.8. The SMILES string of the molecule is O=C(NC1CCCN(Cc2c(F)cccc2F)C1)N1CCc2[nH]nc(-c3ccc4nccn4c3)c2C1. The summed E-state index contributed by atoms with van der Waals surface area (Å²) in [7, 11) is 0. The highest BCUT2D eigenvalue weighted by molar-refractivity contribution is 5.76. The lowest BCUT2D eigenvalue weighted by Crippen LogP contribution is -2.52. The molecule has 5 heterocycles. The molecule has 0 saturated carbocycles. The molecule has 10 heteroatoms. The van der Waals surface area contributed by atoms with Gasteiger partial charge in [0.25, 0.3) is 0 Å².